The van der Waals surface area contributed by atoms with Crippen molar-refractivity contribution in [3.8, 4) is 6.07 Å². The monoisotopic (exact) mass is 243 g/mol. The molecule has 0 aromatic carbocycles. The van der Waals surface area contributed by atoms with Crippen molar-refractivity contribution < 1.29 is 4.79 Å². The van der Waals surface area contributed by atoms with E-state index in [2.05, 4.69) is 11.1 Å². The molecule has 0 N–H and O–H groups in total. The average molecular weight is 244 g/mol. The number of thiazole rings is 1. The molecule has 0 aliphatic carbocycles. The predicted molar refractivity (Wildman–Crippen MR) is 60.6 cm³/mol. The molecule has 1 aromatic heterocycles. The van der Waals surface area contributed by atoms with E-state index in [1.165, 1.54) is 11.3 Å². The standard InChI is InChI=1S/C9H10ClN3OS/c1-6(3-11)4-13(2)9-12-8(10)7(5-14)15-9/h5-6H,4H2,1-2H3. The Labute approximate surface area is 97.1 Å². The van der Waals surface area contributed by atoms with Gasteiger partial charge in [0.05, 0.1) is 12.0 Å². The highest BCUT2D eigenvalue weighted by Gasteiger charge is 2.13. The van der Waals surface area contributed by atoms with E-state index in [1.807, 2.05) is 18.9 Å². The third-order valence-corrected chi connectivity index (χ3v) is 3.30. The van der Waals surface area contributed by atoms with Gasteiger partial charge in [-0.05, 0) is 6.92 Å². The zero-order chi connectivity index (χ0) is 11.4. The second kappa shape index (κ2) is 5.10. The first-order valence-corrected chi connectivity index (χ1v) is 5.50. The Kier molecular flexibility index (Phi) is 4.06. The minimum Gasteiger partial charge on any atom is -0.350 e. The number of carbonyl (C=O) groups is 1. The maximum Gasteiger partial charge on any atom is 0.187 e. The second-order valence-electron chi connectivity index (χ2n) is 3.18. The van der Waals surface area contributed by atoms with E-state index in [1.54, 1.807) is 0 Å². The van der Waals surface area contributed by atoms with E-state index in [0.29, 0.717) is 22.8 Å². The first-order chi connectivity index (χ1) is 7.08. The number of anilines is 1. The van der Waals surface area contributed by atoms with Crippen LogP contribution in [0, 0.1) is 17.2 Å². The van der Waals surface area contributed by atoms with E-state index in [-0.39, 0.29) is 11.1 Å². The zero-order valence-electron chi connectivity index (χ0n) is 8.40. The minimum atomic E-state index is -0.0858. The third kappa shape index (κ3) is 2.91. The Hall–Kier alpha value is -1.12. The number of aromatic nitrogens is 1. The predicted octanol–water partition coefficient (Wildman–Crippen LogP) is 2.20. The fourth-order valence-electron chi connectivity index (χ4n) is 1.07. The largest absolute Gasteiger partial charge is 0.350 e. The van der Waals surface area contributed by atoms with Crippen LogP contribution in [0.25, 0.3) is 0 Å². The molecule has 0 spiro atoms. The molecule has 0 aliphatic heterocycles. The summed E-state index contributed by atoms with van der Waals surface area (Å²) in [5.74, 6) is -0.0858. The molecule has 0 amide bonds. The van der Waals surface area contributed by atoms with E-state index in [9.17, 15) is 4.79 Å². The highest BCUT2D eigenvalue weighted by molar-refractivity contribution is 7.17. The van der Waals surface area contributed by atoms with Crippen LogP contribution in [-0.4, -0.2) is 24.9 Å². The van der Waals surface area contributed by atoms with Crippen molar-refractivity contribution in [1.29, 1.82) is 5.26 Å². The Bertz CT molecular complexity index is 399. The number of rotatable bonds is 4. The third-order valence-electron chi connectivity index (χ3n) is 1.80. The van der Waals surface area contributed by atoms with Gasteiger partial charge in [-0.2, -0.15) is 5.26 Å². The highest BCUT2D eigenvalue weighted by Crippen LogP contribution is 2.27. The lowest BCUT2D eigenvalue weighted by molar-refractivity contribution is 0.112. The van der Waals surface area contributed by atoms with Crippen LogP contribution in [0.4, 0.5) is 5.13 Å². The normalized spacial score (nSPS) is 11.9. The van der Waals surface area contributed by atoms with Crippen LogP contribution in [-0.2, 0) is 0 Å². The molecule has 1 atom stereocenters. The summed E-state index contributed by atoms with van der Waals surface area (Å²) in [7, 11) is 1.82. The molecule has 6 heteroatoms. The van der Waals surface area contributed by atoms with Gasteiger partial charge >= 0.3 is 0 Å². The SMILES string of the molecule is CC(C#N)CN(C)c1nc(Cl)c(C=O)s1. The van der Waals surface area contributed by atoms with Gasteiger partial charge in [0.1, 0.15) is 4.88 Å². The van der Waals surface area contributed by atoms with Crippen LogP contribution in [0.15, 0.2) is 0 Å². The summed E-state index contributed by atoms with van der Waals surface area (Å²) < 4.78 is 0. The summed E-state index contributed by atoms with van der Waals surface area (Å²) in [6, 6.07) is 2.13. The quantitative estimate of drug-likeness (QED) is 0.761. The molecule has 0 bridgehead atoms. The first-order valence-electron chi connectivity index (χ1n) is 4.30. The van der Waals surface area contributed by atoms with Crippen LogP contribution in [0.1, 0.15) is 16.6 Å². The molecule has 80 valence electrons. The van der Waals surface area contributed by atoms with E-state index < -0.39 is 0 Å². The topological polar surface area (TPSA) is 57.0 Å². The maximum absolute atomic E-state index is 10.6. The molecule has 1 unspecified atom stereocenters. The lowest BCUT2D eigenvalue weighted by atomic mass is 10.2. The van der Waals surface area contributed by atoms with Crippen LogP contribution in [0.3, 0.4) is 0 Å². The van der Waals surface area contributed by atoms with Crippen molar-refractivity contribution in [3.05, 3.63) is 10.0 Å². The number of carbonyl (C=O) groups excluding carboxylic acids is 1. The number of hydrogen-bond acceptors (Lipinski definition) is 5. The van der Waals surface area contributed by atoms with Crippen molar-refractivity contribution in [3.63, 3.8) is 0 Å². The Morgan fingerprint density at radius 2 is 2.47 bits per heavy atom. The fourth-order valence-corrected chi connectivity index (χ4v) is 2.10. The van der Waals surface area contributed by atoms with Crippen molar-refractivity contribution >= 4 is 34.4 Å². The molecule has 0 saturated carbocycles. The highest BCUT2D eigenvalue weighted by atomic mass is 35.5. The first kappa shape index (κ1) is 12.0. The molecule has 1 rings (SSSR count). The molecule has 1 heterocycles. The summed E-state index contributed by atoms with van der Waals surface area (Å²) >= 11 is 6.96. The molecule has 15 heavy (non-hydrogen) atoms. The van der Waals surface area contributed by atoms with Crippen LogP contribution < -0.4 is 4.90 Å². The number of hydrogen-bond donors (Lipinski definition) is 0. The van der Waals surface area contributed by atoms with Crippen molar-refractivity contribution in [1.82, 2.24) is 4.98 Å². The van der Waals surface area contributed by atoms with Gasteiger partial charge in [-0.15, -0.1) is 0 Å². The number of nitriles is 1. The summed E-state index contributed by atoms with van der Waals surface area (Å²) in [4.78, 5) is 16.8. The lowest BCUT2D eigenvalue weighted by Gasteiger charge is -2.16. The fraction of sp³-hybridized carbons (Fsp3) is 0.444. The number of aldehydes is 1. The summed E-state index contributed by atoms with van der Waals surface area (Å²) in [6.07, 6.45) is 0.686. The van der Waals surface area contributed by atoms with Gasteiger partial charge in [-0.1, -0.05) is 22.9 Å². The van der Waals surface area contributed by atoms with E-state index in [0.717, 1.165) is 0 Å². The molecule has 0 aliphatic rings. The molecule has 0 radical (unpaired) electrons. The molecule has 4 nitrogen and oxygen atoms in total. The maximum atomic E-state index is 10.6. The van der Waals surface area contributed by atoms with Gasteiger partial charge in [-0.25, -0.2) is 4.98 Å². The molecular formula is C9H10ClN3OS. The van der Waals surface area contributed by atoms with E-state index >= 15 is 0 Å². The van der Waals surface area contributed by atoms with Gasteiger partial charge in [-0.3, -0.25) is 4.79 Å². The van der Waals surface area contributed by atoms with Crippen molar-refractivity contribution in [2.75, 3.05) is 18.5 Å². The molecular weight excluding hydrogens is 234 g/mol. The average Bonchev–Trinajstić information content (AvgIpc) is 2.59. The Balaban J connectivity index is 2.78. The number of nitrogens with zero attached hydrogens (tertiary/aromatic N) is 3. The Morgan fingerprint density at radius 1 is 1.80 bits per heavy atom. The summed E-state index contributed by atoms with van der Waals surface area (Å²) in [5, 5.41) is 9.54. The van der Waals surface area contributed by atoms with Gasteiger partial charge in [0.15, 0.2) is 16.6 Å². The van der Waals surface area contributed by atoms with Crippen molar-refractivity contribution in [2.45, 2.75) is 6.92 Å². The summed E-state index contributed by atoms with van der Waals surface area (Å²) in [5.41, 5.74) is 0. The molecule has 1 aromatic rings. The van der Waals surface area contributed by atoms with Crippen molar-refractivity contribution in [2.24, 2.45) is 5.92 Å². The van der Waals surface area contributed by atoms with Gasteiger partial charge in [0, 0.05) is 13.6 Å². The van der Waals surface area contributed by atoms with Crippen LogP contribution in [0.5, 0.6) is 0 Å². The molecule has 0 saturated heterocycles. The Morgan fingerprint density at radius 3 is 2.93 bits per heavy atom. The van der Waals surface area contributed by atoms with Gasteiger partial charge < -0.3 is 4.90 Å². The summed E-state index contributed by atoms with van der Waals surface area (Å²) in [6.45, 7) is 2.39. The van der Waals surface area contributed by atoms with Gasteiger partial charge in [0.25, 0.3) is 0 Å². The second-order valence-corrected chi connectivity index (χ2v) is 4.55. The van der Waals surface area contributed by atoms with Gasteiger partial charge in [0.2, 0.25) is 0 Å². The smallest absolute Gasteiger partial charge is 0.187 e. The zero-order valence-corrected chi connectivity index (χ0v) is 9.97. The number of halogens is 1. The van der Waals surface area contributed by atoms with E-state index in [4.69, 9.17) is 16.9 Å². The lowest BCUT2D eigenvalue weighted by Crippen LogP contribution is -2.22. The molecule has 0 fully saturated rings. The minimum absolute atomic E-state index is 0.0858. The van der Waals surface area contributed by atoms with Crippen LogP contribution >= 0.6 is 22.9 Å². The van der Waals surface area contributed by atoms with Crippen LogP contribution in [0.2, 0.25) is 5.15 Å².